The average molecular weight is 471 g/mol. The quantitative estimate of drug-likeness (QED) is 0.211. The number of aromatic nitrogens is 2. The van der Waals surface area contributed by atoms with Crippen molar-refractivity contribution in [2.24, 2.45) is 0 Å². The van der Waals surface area contributed by atoms with Gasteiger partial charge < -0.3 is 0 Å². The van der Waals surface area contributed by atoms with E-state index in [1.165, 1.54) is 48.9 Å². The molecule has 0 radical (unpaired) electrons. The summed E-state index contributed by atoms with van der Waals surface area (Å²) in [5.74, 6) is 0. The van der Waals surface area contributed by atoms with Gasteiger partial charge in [0.2, 0.25) is 0 Å². The molecule has 6 aromatic rings. The van der Waals surface area contributed by atoms with Crippen LogP contribution in [-0.2, 0) is 11.8 Å². The van der Waals surface area contributed by atoms with Gasteiger partial charge in [-0.1, -0.05) is 90.7 Å². The Morgan fingerprint density at radius 3 is 1.50 bits per heavy atom. The van der Waals surface area contributed by atoms with Gasteiger partial charge in [-0.15, -0.1) is 0 Å². The molecule has 0 spiro atoms. The molecular weight excluding hydrogens is 451 g/mol. The fourth-order valence-corrected chi connectivity index (χ4v) is 9.82. The minimum atomic E-state index is -2.34. The molecule has 34 heavy (non-hydrogen) atoms. The standard InChI is InChI=1S/C30H19N2PS/c34-33(20-8-2-1-3-9-20)27-12-6-4-10-23(27)29-25-18-31-16-14-21(25)22-15-17-32-19-26(22)30(29)24-11-5-7-13-28(24)33/h1-19H. The van der Waals surface area contributed by atoms with Crippen LogP contribution >= 0.6 is 6.04 Å². The van der Waals surface area contributed by atoms with Gasteiger partial charge >= 0.3 is 0 Å². The van der Waals surface area contributed by atoms with E-state index in [4.69, 9.17) is 11.8 Å². The molecule has 1 aliphatic heterocycles. The second-order valence-corrected chi connectivity index (χ2v) is 12.9. The second-order valence-electron chi connectivity index (χ2n) is 8.57. The summed E-state index contributed by atoms with van der Waals surface area (Å²) in [4.78, 5) is 9.10. The monoisotopic (exact) mass is 470 g/mol. The highest BCUT2D eigenvalue weighted by Crippen LogP contribution is 2.54. The van der Waals surface area contributed by atoms with Crippen molar-refractivity contribution in [3.63, 3.8) is 0 Å². The van der Waals surface area contributed by atoms with Crippen molar-refractivity contribution in [3.05, 3.63) is 116 Å². The van der Waals surface area contributed by atoms with E-state index >= 15 is 0 Å². The molecule has 0 saturated heterocycles. The van der Waals surface area contributed by atoms with Gasteiger partial charge in [0.15, 0.2) is 0 Å². The minimum Gasteiger partial charge on any atom is -0.264 e. The van der Waals surface area contributed by atoms with Crippen LogP contribution in [0.25, 0.3) is 43.8 Å². The Hall–Kier alpha value is -3.65. The van der Waals surface area contributed by atoms with Crippen LogP contribution in [0.4, 0.5) is 0 Å². The summed E-state index contributed by atoms with van der Waals surface area (Å²) in [5.41, 5.74) is 4.80. The van der Waals surface area contributed by atoms with Crippen molar-refractivity contribution in [1.29, 1.82) is 0 Å². The largest absolute Gasteiger partial charge is 0.264 e. The Morgan fingerprint density at radius 1 is 0.500 bits per heavy atom. The van der Waals surface area contributed by atoms with Gasteiger partial charge in [0.25, 0.3) is 0 Å². The lowest BCUT2D eigenvalue weighted by Gasteiger charge is -2.26. The van der Waals surface area contributed by atoms with Gasteiger partial charge in [-0.25, -0.2) is 0 Å². The van der Waals surface area contributed by atoms with E-state index in [0.717, 1.165) is 10.8 Å². The molecule has 3 heterocycles. The highest BCUT2D eigenvalue weighted by Gasteiger charge is 2.35. The summed E-state index contributed by atoms with van der Waals surface area (Å²) in [7, 11) is 0. The Labute approximate surface area is 203 Å². The summed E-state index contributed by atoms with van der Waals surface area (Å²) in [6.45, 7) is 0. The van der Waals surface area contributed by atoms with E-state index in [1.807, 2.05) is 24.8 Å². The van der Waals surface area contributed by atoms with Crippen LogP contribution < -0.4 is 15.9 Å². The fourth-order valence-electron chi connectivity index (χ4n) is 5.45. The van der Waals surface area contributed by atoms with Gasteiger partial charge in [0.1, 0.15) is 0 Å². The molecule has 4 aromatic carbocycles. The molecule has 1 aliphatic rings. The van der Waals surface area contributed by atoms with Crippen LogP contribution in [-0.4, -0.2) is 9.97 Å². The highest BCUT2D eigenvalue weighted by molar-refractivity contribution is 8.25. The van der Waals surface area contributed by atoms with Gasteiger partial charge in [0.05, 0.1) is 0 Å². The van der Waals surface area contributed by atoms with Crippen molar-refractivity contribution in [2.75, 3.05) is 0 Å². The number of hydrogen-bond donors (Lipinski definition) is 0. The maximum Gasteiger partial charge on any atom is 0.0391 e. The normalized spacial score (nSPS) is 13.6. The van der Waals surface area contributed by atoms with Gasteiger partial charge in [0, 0.05) is 63.3 Å². The van der Waals surface area contributed by atoms with Crippen LogP contribution in [0, 0.1) is 0 Å². The van der Waals surface area contributed by atoms with Crippen molar-refractivity contribution < 1.29 is 0 Å². The molecule has 2 aromatic heterocycles. The molecule has 2 nitrogen and oxygen atoms in total. The van der Waals surface area contributed by atoms with Crippen LogP contribution in [0.2, 0.25) is 0 Å². The van der Waals surface area contributed by atoms with E-state index in [0.29, 0.717) is 0 Å². The van der Waals surface area contributed by atoms with Crippen LogP contribution in [0.5, 0.6) is 0 Å². The van der Waals surface area contributed by atoms with Gasteiger partial charge in [-0.2, -0.15) is 0 Å². The SMILES string of the molecule is S=P1(c2ccccc2)c2ccccc2-c2c(c3cnccc3c3ccncc23)-c2ccccc21. The number of pyridine rings is 2. The van der Waals surface area contributed by atoms with E-state index in [9.17, 15) is 0 Å². The molecule has 7 rings (SSSR count). The number of nitrogens with zero attached hydrogens (tertiary/aromatic N) is 2. The summed E-state index contributed by atoms with van der Waals surface area (Å²) in [6.07, 6.45) is 7.76. The minimum absolute atomic E-state index is 1.15. The summed E-state index contributed by atoms with van der Waals surface area (Å²) >= 11 is 6.79. The predicted octanol–water partition coefficient (Wildman–Crippen LogP) is 6.19. The average Bonchev–Trinajstić information content (AvgIpc) is 3.02. The third kappa shape index (κ3) is 2.60. The number of benzene rings is 4. The van der Waals surface area contributed by atoms with Crippen molar-refractivity contribution in [1.82, 2.24) is 9.97 Å². The molecule has 0 fully saturated rings. The zero-order valence-corrected chi connectivity index (χ0v) is 19.9. The molecule has 0 atom stereocenters. The molecule has 0 N–H and O–H groups in total. The zero-order chi connectivity index (χ0) is 22.7. The first-order chi connectivity index (χ1) is 16.8. The first kappa shape index (κ1) is 19.8. The Morgan fingerprint density at radius 2 is 0.971 bits per heavy atom. The van der Waals surface area contributed by atoms with Crippen molar-refractivity contribution >= 4 is 55.3 Å². The maximum atomic E-state index is 6.79. The molecule has 0 bridgehead atoms. The maximum absolute atomic E-state index is 6.79. The Bertz CT molecular complexity index is 1680. The molecular formula is C30H19N2PS. The lowest BCUT2D eigenvalue weighted by Crippen LogP contribution is -2.25. The fraction of sp³-hybridized carbons (Fsp3) is 0. The molecule has 0 saturated carbocycles. The van der Waals surface area contributed by atoms with Crippen LogP contribution in [0.1, 0.15) is 0 Å². The smallest absolute Gasteiger partial charge is 0.0391 e. The van der Waals surface area contributed by atoms with Crippen molar-refractivity contribution in [2.45, 2.75) is 0 Å². The Kier molecular flexibility index (Phi) is 4.32. The molecule has 160 valence electrons. The Balaban J connectivity index is 1.80. The number of fused-ring (bicyclic) bond motifs is 10. The predicted molar refractivity (Wildman–Crippen MR) is 148 cm³/mol. The third-order valence-corrected chi connectivity index (χ3v) is 11.8. The van der Waals surface area contributed by atoms with E-state index in [1.54, 1.807) is 0 Å². The summed E-state index contributed by atoms with van der Waals surface area (Å²) < 4.78 is 0. The van der Waals surface area contributed by atoms with Gasteiger partial charge in [-0.3, -0.25) is 9.97 Å². The van der Waals surface area contributed by atoms with E-state index < -0.39 is 6.04 Å². The topological polar surface area (TPSA) is 25.8 Å². The molecule has 0 unspecified atom stereocenters. The van der Waals surface area contributed by atoms with E-state index in [-0.39, 0.29) is 0 Å². The number of hydrogen-bond acceptors (Lipinski definition) is 3. The first-order valence-electron chi connectivity index (χ1n) is 11.3. The number of rotatable bonds is 1. The molecule has 4 heteroatoms. The summed E-state index contributed by atoms with van der Waals surface area (Å²) in [5, 5.41) is 8.35. The van der Waals surface area contributed by atoms with E-state index in [2.05, 4.69) is 101 Å². The lowest BCUT2D eigenvalue weighted by molar-refractivity contribution is 1.35. The van der Waals surface area contributed by atoms with Crippen molar-refractivity contribution in [3.8, 4) is 22.3 Å². The summed E-state index contributed by atoms with van der Waals surface area (Å²) in [6, 6.07) is 30.0. The van der Waals surface area contributed by atoms with Crippen LogP contribution in [0.3, 0.4) is 0 Å². The molecule has 0 amide bonds. The van der Waals surface area contributed by atoms with Gasteiger partial charge in [-0.05, 0) is 39.3 Å². The molecule has 0 aliphatic carbocycles. The third-order valence-electron chi connectivity index (χ3n) is 6.87. The highest BCUT2D eigenvalue weighted by atomic mass is 32.4. The lowest BCUT2D eigenvalue weighted by atomic mass is 9.86. The second kappa shape index (κ2) is 7.43. The first-order valence-corrected chi connectivity index (χ1v) is 14.1. The van der Waals surface area contributed by atoms with Crippen LogP contribution in [0.15, 0.2) is 116 Å². The zero-order valence-electron chi connectivity index (χ0n) is 18.2.